The molecule has 3 aromatic carbocycles. The second-order valence-corrected chi connectivity index (χ2v) is 7.18. The van der Waals surface area contributed by atoms with Crippen LogP contribution in [0.1, 0.15) is 63.8 Å². The van der Waals surface area contributed by atoms with Crippen molar-refractivity contribution in [2.75, 3.05) is 0 Å². The first-order chi connectivity index (χ1) is 13.0. The molecule has 1 aliphatic rings. The molecule has 0 N–H and O–H groups in total. The van der Waals surface area contributed by atoms with E-state index in [-0.39, 0.29) is 5.41 Å². The number of hydrogen-bond donors (Lipinski definition) is 0. The maximum Gasteiger partial charge on any atom is 0.0159 e. The highest BCUT2D eigenvalue weighted by atomic mass is 14.4. The van der Waals surface area contributed by atoms with Gasteiger partial charge in [-0.15, -0.1) is 0 Å². The molecule has 0 bridgehead atoms. The van der Waals surface area contributed by atoms with E-state index in [0.29, 0.717) is 0 Å². The summed E-state index contributed by atoms with van der Waals surface area (Å²) in [6.45, 7) is 17.1. The van der Waals surface area contributed by atoms with E-state index in [9.17, 15) is 0 Å². The van der Waals surface area contributed by atoms with Crippen molar-refractivity contribution < 1.29 is 0 Å². The maximum atomic E-state index is 2.40. The number of rotatable bonds is 1. The first-order valence-corrected chi connectivity index (χ1v) is 10.3. The molecule has 0 amide bonds. The van der Waals surface area contributed by atoms with Gasteiger partial charge in [0, 0.05) is 5.41 Å². The first-order valence-electron chi connectivity index (χ1n) is 10.3. The van der Waals surface area contributed by atoms with Gasteiger partial charge in [-0.25, -0.2) is 0 Å². The Labute approximate surface area is 166 Å². The van der Waals surface area contributed by atoms with Crippen LogP contribution in [-0.2, 0) is 5.41 Å². The second kappa shape index (κ2) is 8.57. The summed E-state index contributed by atoms with van der Waals surface area (Å²) >= 11 is 0. The molecule has 142 valence electrons. The average Bonchev–Trinajstić information content (AvgIpc) is 2.94. The van der Waals surface area contributed by atoms with Crippen molar-refractivity contribution >= 4 is 0 Å². The summed E-state index contributed by atoms with van der Waals surface area (Å²) < 4.78 is 0. The second-order valence-electron chi connectivity index (χ2n) is 7.18. The number of aryl methyl sites for hydroxylation is 1. The summed E-state index contributed by atoms with van der Waals surface area (Å²) in [5.41, 5.74) is 11.1. The molecule has 0 spiro atoms. The van der Waals surface area contributed by atoms with E-state index in [1.165, 1.54) is 44.5 Å². The van der Waals surface area contributed by atoms with Gasteiger partial charge in [-0.05, 0) is 64.4 Å². The molecule has 0 heterocycles. The van der Waals surface area contributed by atoms with E-state index in [0.717, 1.165) is 0 Å². The van der Waals surface area contributed by atoms with E-state index in [1.54, 1.807) is 0 Å². The average molecular weight is 359 g/mol. The number of hydrogen-bond acceptors (Lipinski definition) is 0. The Kier molecular flexibility index (Phi) is 6.65. The van der Waals surface area contributed by atoms with Crippen LogP contribution in [0.3, 0.4) is 0 Å². The quantitative estimate of drug-likeness (QED) is 0.410. The third-order valence-electron chi connectivity index (χ3n) is 5.50. The minimum absolute atomic E-state index is 0.0691. The Bertz CT molecular complexity index is 913. The van der Waals surface area contributed by atoms with Gasteiger partial charge >= 0.3 is 0 Å². The molecule has 0 radical (unpaired) electrons. The fourth-order valence-corrected chi connectivity index (χ4v) is 3.94. The van der Waals surface area contributed by atoms with Gasteiger partial charge in [-0.2, -0.15) is 0 Å². The molecule has 0 fully saturated rings. The molecule has 27 heavy (non-hydrogen) atoms. The minimum Gasteiger partial charge on any atom is -0.0683 e. The molecule has 0 unspecified atom stereocenters. The van der Waals surface area contributed by atoms with Crippen molar-refractivity contribution in [3.8, 4) is 22.3 Å². The van der Waals surface area contributed by atoms with Crippen LogP contribution in [0.5, 0.6) is 0 Å². The lowest BCUT2D eigenvalue weighted by Crippen LogP contribution is -2.14. The lowest BCUT2D eigenvalue weighted by Gasteiger charge is -2.22. The Balaban J connectivity index is 0.000000614. The zero-order valence-corrected chi connectivity index (χ0v) is 18.3. The van der Waals surface area contributed by atoms with Crippen LogP contribution >= 0.6 is 0 Å². The summed E-state index contributed by atoms with van der Waals surface area (Å²) in [4.78, 5) is 0. The zero-order valence-electron chi connectivity index (χ0n) is 18.3. The SMILES string of the molecule is CC.CC.Cc1cccc(-c2ccc3c(c2)C(C)(C)c2ccccc2-3)c1C. The fraction of sp³-hybridized carbons (Fsp3) is 0.333. The van der Waals surface area contributed by atoms with Crippen LogP contribution in [0.2, 0.25) is 0 Å². The van der Waals surface area contributed by atoms with Gasteiger partial charge in [0.1, 0.15) is 0 Å². The molecular weight excluding hydrogens is 324 g/mol. The van der Waals surface area contributed by atoms with Crippen LogP contribution in [-0.4, -0.2) is 0 Å². The normalized spacial score (nSPS) is 12.7. The number of fused-ring (bicyclic) bond motifs is 3. The standard InChI is InChI=1S/C23H22.2C2H6/c1-15-8-7-10-18(16(15)2)17-12-13-20-19-9-5-6-11-21(19)23(3,4)22(20)14-17;2*1-2/h5-14H,1-4H3;2*1-2H3. The molecule has 0 aliphatic heterocycles. The summed E-state index contributed by atoms with van der Waals surface area (Å²) in [5.74, 6) is 0. The van der Waals surface area contributed by atoms with Gasteiger partial charge in [-0.1, -0.05) is 96.1 Å². The Hall–Kier alpha value is -2.34. The van der Waals surface area contributed by atoms with Crippen LogP contribution in [0.25, 0.3) is 22.3 Å². The third-order valence-corrected chi connectivity index (χ3v) is 5.50. The van der Waals surface area contributed by atoms with Gasteiger partial charge in [0.25, 0.3) is 0 Å². The van der Waals surface area contributed by atoms with Crippen LogP contribution in [0.4, 0.5) is 0 Å². The molecule has 0 heteroatoms. The molecule has 0 saturated carbocycles. The Morgan fingerprint density at radius 3 is 1.89 bits per heavy atom. The third kappa shape index (κ3) is 3.58. The molecule has 3 aromatic rings. The van der Waals surface area contributed by atoms with Crippen molar-refractivity contribution in [2.45, 2.75) is 60.8 Å². The van der Waals surface area contributed by atoms with Crippen LogP contribution < -0.4 is 0 Å². The van der Waals surface area contributed by atoms with Crippen molar-refractivity contribution in [2.24, 2.45) is 0 Å². The summed E-state index contributed by atoms with van der Waals surface area (Å²) in [6, 6.07) is 22.4. The molecule has 0 saturated heterocycles. The summed E-state index contributed by atoms with van der Waals surface area (Å²) in [6.07, 6.45) is 0. The van der Waals surface area contributed by atoms with E-state index < -0.39 is 0 Å². The predicted octanol–water partition coefficient (Wildman–Crippen LogP) is 8.33. The van der Waals surface area contributed by atoms with Gasteiger partial charge < -0.3 is 0 Å². The predicted molar refractivity (Wildman–Crippen MR) is 122 cm³/mol. The minimum atomic E-state index is 0.0691. The van der Waals surface area contributed by atoms with E-state index in [1.807, 2.05) is 27.7 Å². The Morgan fingerprint density at radius 2 is 1.19 bits per heavy atom. The van der Waals surface area contributed by atoms with E-state index in [4.69, 9.17) is 0 Å². The van der Waals surface area contributed by atoms with Crippen LogP contribution in [0.15, 0.2) is 60.7 Å². The molecule has 0 nitrogen and oxygen atoms in total. The van der Waals surface area contributed by atoms with Crippen molar-refractivity contribution in [3.05, 3.63) is 82.9 Å². The van der Waals surface area contributed by atoms with E-state index in [2.05, 4.69) is 88.4 Å². The summed E-state index contributed by atoms with van der Waals surface area (Å²) in [5, 5.41) is 0. The fourth-order valence-electron chi connectivity index (χ4n) is 3.94. The maximum absolute atomic E-state index is 2.40. The van der Waals surface area contributed by atoms with E-state index >= 15 is 0 Å². The topological polar surface area (TPSA) is 0 Å². The van der Waals surface area contributed by atoms with Gasteiger partial charge in [-0.3, -0.25) is 0 Å². The van der Waals surface area contributed by atoms with Crippen molar-refractivity contribution in [1.82, 2.24) is 0 Å². The van der Waals surface area contributed by atoms with Crippen LogP contribution in [0, 0.1) is 13.8 Å². The highest BCUT2D eigenvalue weighted by molar-refractivity contribution is 5.84. The Morgan fingerprint density at radius 1 is 0.593 bits per heavy atom. The number of benzene rings is 3. The molecule has 1 aliphatic carbocycles. The summed E-state index contributed by atoms with van der Waals surface area (Å²) in [7, 11) is 0. The van der Waals surface area contributed by atoms with Gasteiger partial charge in [0.15, 0.2) is 0 Å². The van der Waals surface area contributed by atoms with Gasteiger partial charge in [0.05, 0.1) is 0 Å². The lowest BCUT2D eigenvalue weighted by atomic mass is 9.81. The smallest absolute Gasteiger partial charge is 0.0159 e. The largest absolute Gasteiger partial charge is 0.0683 e. The van der Waals surface area contributed by atoms with Crippen molar-refractivity contribution in [1.29, 1.82) is 0 Å². The molecule has 4 rings (SSSR count). The van der Waals surface area contributed by atoms with Crippen molar-refractivity contribution in [3.63, 3.8) is 0 Å². The lowest BCUT2D eigenvalue weighted by molar-refractivity contribution is 0.660. The zero-order chi connectivity index (χ0) is 20.2. The van der Waals surface area contributed by atoms with Gasteiger partial charge in [0.2, 0.25) is 0 Å². The monoisotopic (exact) mass is 358 g/mol. The molecule has 0 atom stereocenters. The highest BCUT2D eigenvalue weighted by Crippen LogP contribution is 2.49. The first kappa shape index (κ1) is 21.0. The molecular formula is C27H34. The highest BCUT2D eigenvalue weighted by Gasteiger charge is 2.35. The molecule has 0 aromatic heterocycles.